The average Bonchev–Trinajstić information content (AvgIpc) is 3.12. The van der Waals surface area contributed by atoms with Crippen LogP contribution in [-0.2, 0) is 11.8 Å². The summed E-state index contributed by atoms with van der Waals surface area (Å²) in [5.74, 6) is -0.0113. The van der Waals surface area contributed by atoms with Gasteiger partial charge in [0, 0.05) is 58.7 Å². The normalized spacial score (nSPS) is 23.5. The Hall–Kier alpha value is -2.09. The third-order valence-electron chi connectivity index (χ3n) is 6.45. The maximum atomic E-state index is 12.9. The molecule has 1 aromatic rings. The Morgan fingerprint density at radius 1 is 1.22 bits per heavy atom. The van der Waals surface area contributed by atoms with Gasteiger partial charge in [-0.1, -0.05) is 0 Å². The smallest absolute Gasteiger partial charge is 0.320 e. The largest absolute Gasteiger partial charge is 0.381 e. The molecule has 1 spiro atoms. The maximum absolute atomic E-state index is 12.9. The van der Waals surface area contributed by atoms with Gasteiger partial charge in [-0.3, -0.25) is 9.48 Å². The van der Waals surface area contributed by atoms with Crippen molar-refractivity contribution in [3.63, 3.8) is 0 Å². The summed E-state index contributed by atoms with van der Waals surface area (Å²) in [5.41, 5.74) is 1.38. The van der Waals surface area contributed by atoms with Crippen LogP contribution in [0, 0.1) is 6.92 Å². The van der Waals surface area contributed by atoms with Crippen molar-refractivity contribution in [2.75, 3.05) is 39.9 Å². The number of likely N-dealkylation sites (N-methyl/N-ethyl adjacent to an activating group) is 1. The predicted octanol–water partition coefficient (Wildman–Crippen LogP) is 1.25. The Bertz CT molecular complexity index is 712. The Morgan fingerprint density at radius 2 is 1.89 bits per heavy atom. The van der Waals surface area contributed by atoms with Crippen LogP contribution in [0.4, 0.5) is 4.79 Å². The van der Waals surface area contributed by atoms with E-state index in [-0.39, 0.29) is 23.5 Å². The number of likely N-dealkylation sites (tertiary alicyclic amines) is 1. The highest BCUT2D eigenvalue weighted by Crippen LogP contribution is 2.38. The van der Waals surface area contributed by atoms with Crippen LogP contribution in [0.5, 0.6) is 0 Å². The fourth-order valence-corrected chi connectivity index (χ4v) is 4.82. The Labute approximate surface area is 160 Å². The summed E-state index contributed by atoms with van der Waals surface area (Å²) in [4.78, 5) is 31.5. The molecule has 0 saturated carbocycles. The van der Waals surface area contributed by atoms with Crippen molar-refractivity contribution in [3.05, 3.63) is 17.5 Å². The van der Waals surface area contributed by atoms with Crippen molar-refractivity contribution in [1.29, 1.82) is 0 Å². The maximum Gasteiger partial charge on any atom is 0.320 e. The first-order chi connectivity index (χ1) is 12.9. The summed E-state index contributed by atoms with van der Waals surface area (Å²) >= 11 is 0. The molecular weight excluding hydrogens is 346 g/mol. The number of hydrogen-bond acceptors (Lipinski definition) is 4. The molecule has 3 aliphatic rings. The molecule has 3 aliphatic heterocycles. The first kappa shape index (κ1) is 18.3. The lowest BCUT2D eigenvalue weighted by atomic mass is 9.86. The van der Waals surface area contributed by atoms with E-state index in [0.29, 0.717) is 32.0 Å². The lowest BCUT2D eigenvalue weighted by molar-refractivity contribution is -0.0151. The molecule has 0 aliphatic carbocycles. The van der Waals surface area contributed by atoms with Gasteiger partial charge in [0.2, 0.25) is 0 Å². The van der Waals surface area contributed by atoms with Gasteiger partial charge in [0.25, 0.3) is 5.91 Å². The second kappa shape index (κ2) is 6.82. The van der Waals surface area contributed by atoms with E-state index in [9.17, 15) is 9.59 Å². The molecule has 148 valence electrons. The van der Waals surface area contributed by atoms with Crippen molar-refractivity contribution in [1.82, 2.24) is 24.5 Å². The number of rotatable bonds is 2. The van der Waals surface area contributed by atoms with Gasteiger partial charge in [-0.05, 0) is 38.7 Å². The van der Waals surface area contributed by atoms with Gasteiger partial charge in [-0.25, -0.2) is 4.79 Å². The van der Waals surface area contributed by atoms with E-state index >= 15 is 0 Å². The SMILES string of the molecule is Cc1cc(C(=O)N2CCC(N3C(=O)N(C)CC34CCOCC4)CC2)nn1C. The van der Waals surface area contributed by atoms with Crippen LogP contribution in [0.1, 0.15) is 41.9 Å². The second-order valence-corrected chi connectivity index (χ2v) is 8.16. The number of carbonyl (C=O) groups excluding carboxylic acids is 2. The summed E-state index contributed by atoms with van der Waals surface area (Å²) in [6, 6.07) is 2.15. The van der Waals surface area contributed by atoms with E-state index in [2.05, 4.69) is 10.00 Å². The second-order valence-electron chi connectivity index (χ2n) is 8.16. The third-order valence-corrected chi connectivity index (χ3v) is 6.45. The highest BCUT2D eigenvalue weighted by Gasteiger charge is 2.52. The number of ether oxygens (including phenoxy) is 1. The zero-order valence-corrected chi connectivity index (χ0v) is 16.5. The molecule has 3 saturated heterocycles. The number of aromatic nitrogens is 2. The van der Waals surface area contributed by atoms with Crippen LogP contribution in [0.3, 0.4) is 0 Å². The van der Waals surface area contributed by atoms with E-state index in [1.54, 1.807) is 4.68 Å². The minimum atomic E-state index is -0.0982. The van der Waals surface area contributed by atoms with Crippen molar-refractivity contribution in [3.8, 4) is 0 Å². The summed E-state index contributed by atoms with van der Waals surface area (Å²) in [7, 11) is 3.74. The van der Waals surface area contributed by atoms with E-state index in [1.165, 1.54) is 0 Å². The van der Waals surface area contributed by atoms with E-state index in [0.717, 1.165) is 37.9 Å². The summed E-state index contributed by atoms with van der Waals surface area (Å²) in [6.07, 6.45) is 3.43. The number of nitrogens with zero attached hydrogens (tertiary/aromatic N) is 5. The van der Waals surface area contributed by atoms with Gasteiger partial charge >= 0.3 is 6.03 Å². The van der Waals surface area contributed by atoms with Gasteiger partial charge in [0.05, 0.1) is 5.54 Å². The van der Waals surface area contributed by atoms with Gasteiger partial charge in [0.15, 0.2) is 5.69 Å². The highest BCUT2D eigenvalue weighted by atomic mass is 16.5. The summed E-state index contributed by atoms with van der Waals surface area (Å²) < 4.78 is 7.28. The molecule has 3 fully saturated rings. The van der Waals surface area contributed by atoms with Gasteiger partial charge in [-0.15, -0.1) is 0 Å². The average molecular weight is 375 g/mol. The number of amides is 3. The Morgan fingerprint density at radius 3 is 2.48 bits per heavy atom. The Kier molecular flexibility index (Phi) is 4.61. The minimum absolute atomic E-state index is 0.0113. The molecule has 0 aromatic carbocycles. The molecule has 0 bridgehead atoms. The molecule has 4 heterocycles. The number of carbonyl (C=O) groups is 2. The number of hydrogen-bond donors (Lipinski definition) is 0. The third kappa shape index (κ3) is 3.09. The summed E-state index contributed by atoms with van der Waals surface area (Å²) in [6.45, 7) is 5.49. The molecule has 1 aromatic heterocycles. The predicted molar refractivity (Wildman–Crippen MR) is 99.5 cm³/mol. The standard InChI is InChI=1S/C19H29N5O3/c1-14-12-16(20-22(14)3)17(25)23-8-4-15(5-9-23)24-18(26)21(2)13-19(24)6-10-27-11-7-19/h12,15H,4-11,13H2,1-3H3. The molecule has 0 radical (unpaired) electrons. The highest BCUT2D eigenvalue weighted by molar-refractivity contribution is 5.92. The van der Waals surface area contributed by atoms with Crippen LogP contribution in [0.15, 0.2) is 6.07 Å². The number of piperidine rings is 1. The molecule has 3 amide bonds. The van der Waals surface area contributed by atoms with Crippen LogP contribution < -0.4 is 0 Å². The molecule has 8 nitrogen and oxygen atoms in total. The van der Waals surface area contributed by atoms with Gasteiger partial charge in [0.1, 0.15) is 0 Å². The molecule has 8 heteroatoms. The zero-order valence-electron chi connectivity index (χ0n) is 16.5. The fraction of sp³-hybridized carbons (Fsp3) is 0.737. The topological polar surface area (TPSA) is 70.9 Å². The number of urea groups is 1. The lowest BCUT2D eigenvalue weighted by Crippen LogP contribution is -2.57. The van der Waals surface area contributed by atoms with E-state index in [4.69, 9.17) is 4.74 Å². The monoisotopic (exact) mass is 375 g/mol. The molecule has 4 rings (SSSR count). The van der Waals surface area contributed by atoms with Gasteiger partial charge < -0.3 is 19.4 Å². The first-order valence-corrected chi connectivity index (χ1v) is 9.83. The van der Waals surface area contributed by atoms with Gasteiger partial charge in [-0.2, -0.15) is 5.10 Å². The summed E-state index contributed by atoms with van der Waals surface area (Å²) in [5, 5.41) is 4.31. The fourth-order valence-electron chi connectivity index (χ4n) is 4.82. The minimum Gasteiger partial charge on any atom is -0.381 e. The molecule has 27 heavy (non-hydrogen) atoms. The van der Waals surface area contributed by atoms with E-state index in [1.807, 2.05) is 36.9 Å². The number of aryl methyl sites for hydroxylation is 2. The van der Waals surface area contributed by atoms with Crippen LogP contribution in [-0.4, -0.2) is 87.9 Å². The molecule has 0 atom stereocenters. The molecule has 0 unspecified atom stereocenters. The lowest BCUT2D eigenvalue weighted by Gasteiger charge is -2.46. The van der Waals surface area contributed by atoms with Crippen molar-refractivity contribution >= 4 is 11.9 Å². The zero-order chi connectivity index (χ0) is 19.2. The van der Waals surface area contributed by atoms with Crippen molar-refractivity contribution in [2.24, 2.45) is 7.05 Å². The molecule has 0 N–H and O–H groups in total. The van der Waals surface area contributed by atoms with Crippen LogP contribution in [0.2, 0.25) is 0 Å². The van der Waals surface area contributed by atoms with Crippen molar-refractivity contribution in [2.45, 2.75) is 44.2 Å². The quantitative estimate of drug-likeness (QED) is 0.780. The van der Waals surface area contributed by atoms with Crippen LogP contribution in [0.25, 0.3) is 0 Å². The van der Waals surface area contributed by atoms with E-state index < -0.39 is 0 Å². The Balaban J connectivity index is 1.45. The van der Waals surface area contributed by atoms with Crippen LogP contribution >= 0.6 is 0 Å². The molecular formula is C19H29N5O3. The van der Waals surface area contributed by atoms with Crippen molar-refractivity contribution < 1.29 is 14.3 Å². The first-order valence-electron chi connectivity index (χ1n) is 9.83.